The minimum atomic E-state index is 0.144. The summed E-state index contributed by atoms with van der Waals surface area (Å²) in [6.45, 7) is 5.55. The van der Waals surface area contributed by atoms with Crippen molar-refractivity contribution in [1.29, 1.82) is 0 Å². The lowest BCUT2D eigenvalue weighted by molar-refractivity contribution is -0.906. The molecule has 2 rings (SSSR count). The van der Waals surface area contributed by atoms with Gasteiger partial charge >= 0.3 is 0 Å². The standard InChI is InChI=1S/C15H21NO/c1-13(12-16-10-6-3-7-11-16)15(17)14-8-4-2-5-9-14/h2,4-5,8-9,13H,3,6-7,10-12H2,1H3/p+1/t13-/m1/s1. The summed E-state index contributed by atoms with van der Waals surface area (Å²) in [7, 11) is 0. The molecule has 1 aliphatic heterocycles. The van der Waals surface area contributed by atoms with Gasteiger partial charge in [0.1, 0.15) is 0 Å². The van der Waals surface area contributed by atoms with E-state index in [4.69, 9.17) is 0 Å². The lowest BCUT2D eigenvalue weighted by Gasteiger charge is -2.25. The normalized spacial score (nSPS) is 18.9. The zero-order chi connectivity index (χ0) is 12.1. The highest BCUT2D eigenvalue weighted by atomic mass is 16.1. The zero-order valence-corrected chi connectivity index (χ0v) is 10.6. The monoisotopic (exact) mass is 232 g/mol. The molecule has 0 bridgehead atoms. The first kappa shape index (κ1) is 12.3. The maximum Gasteiger partial charge on any atom is 0.171 e. The van der Waals surface area contributed by atoms with Crippen molar-refractivity contribution >= 4 is 5.78 Å². The van der Waals surface area contributed by atoms with Gasteiger partial charge in [-0.15, -0.1) is 0 Å². The molecule has 2 heteroatoms. The van der Waals surface area contributed by atoms with Gasteiger partial charge in [0.15, 0.2) is 5.78 Å². The number of carbonyl (C=O) groups is 1. The summed E-state index contributed by atoms with van der Waals surface area (Å²) in [5, 5.41) is 0. The third kappa shape index (κ3) is 3.40. The number of likely N-dealkylation sites (tertiary alicyclic amines) is 1. The topological polar surface area (TPSA) is 21.5 Å². The summed E-state index contributed by atoms with van der Waals surface area (Å²) in [5.41, 5.74) is 0.858. The van der Waals surface area contributed by atoms with Crippen molar-refractivity contribution in [1.82, 2.24) is 0 Å². The van der Waals surface area contributed by atoms with Crippen molar-refractivity contribution in [3.05, 3.63) is 35.9 Å². The number of carbonyl (C=O) groups excluding carboxylic acids is 1. The molecule has 0 aromatic heterocycles. The molecule has 0 radical (unpaired) electrons. The molecule has 1 aromatic carbocycles. The quantitative estimate of drug-likeness (QED) is 0.782. The van der Waals surface area contributed by atoms with Gasteiger partial charge in [-0.05, 0) is 26.2 Å². The van der Waals surface area contributed by atoms with Gasteiger partial charge in [-0.2, -0.15) is 0 Å². The summed E-state index contributed by atoms with van der Waals surface area (Å²) >= 11 is 0. The van der Waals surface area contributed by atoms with Crippen LogP contribution in [0.1, 0.15) is 36.5 Å². The molecule has 1 saturated heterocycles. The van der Waals surface area contributed by atoms with Crippen LogP contribution >= 0.6 is 0 Å². The maximum atomic E-state index is 12.2. The van der Waals surface area contributed by atoms with Gasteiger partial charge in [0.05, 0.1) is 25.6 Å². The Morgan fingerprint density at radius 3 is 2.47 bits per heavy atom. The van der Waals surface area contributed by atoms with Crippen molar-refractivity contribution in [2.45, 2.75) is 26.2 Å². The average Bonchev–Trinajstić information content (AvgIpc) is 2.40. The van der Waals surface area contributed by atoms with E-state index in [2.05, 4.69) is 6.92 Å². The number of hydrogen-bond acceptors (Lipinski definition) is 1. The van der Waals surface area contributed by atoms with Crippen molar-refractivity contribution in [3.8, 4) is 0 Å². The Morgan fingerprint density at radius 1 is 1.18 bits per heavy atom. The molecule has 0 spiro atoms. The Balaban J connectivity index is 1.91. The second kappa shape index (κ2) is 5.97. The third-order valence-corrected chi connectivity index (χ3v) is 3.66. The molecule has 0 saturated carbocycles. The van der Waals surface area contributed by atoms with E-state index in [9.17, 15) is 4.79 Å². The van der Waals surface area contributed by atoms with Crippen LogP contribution in [0.3, 0.4) is 0 Å². The first-order chi connectivity index (χ1) is 8.27. The number of quaternary nitrogens is 1. The van der Waals surface area contributed by atoms with Crippen LogP contribution in [-0.4, -0.2) is 25.4 Å². The van der Waals surface area contributed by atoms with Gasteiger partial charge in [0.25, 0.3) is 0 Å². The van der Waals surface area contributed by atoms with Gasteiger partial charge in [-0.25, -0.2) is 0 Å². The van der Waals surface area contributed by atoms with Crippen LogP contribution < -0.4 is 4.90 Å². The largest absolute Gasteiger partial charge is 0.334 e. The van der Waals surface area contributed by atoms with Gasteiger partial charge in [0, 0.05) is 5.56 Å². The Morgan fingerprint density at radius 2 is 1.82 bits per heavy atom. The number of hydrogen-bond donors (Lipinski definition) is 1. The molecular weight excluding hydrogens is 210 g/mol. The molecule has 1 atom stereocenters. The fourth-order valence-electron chi connectivity index (χ4n) is 2.67. The highest BCUT2D eigenvalue weighted by Crippen LogP contribution is 2.07. The maximum absolute atomic E-state index is 12.2. The molecule has 0 amide bonds. The Hall–Kier alpha value is -1.15. The molecule has 0 unspecified atom stereocenters. The fraction of sp³-hybridized carbons (Fsp3) is 0.533. The third-order valence-electron chi connectivity index (χ3n) is 3.66. The summed E-state index contributed by atoms with van der Waals surface area (Å²) in [6, 6.07) is 9.67. The van der Waals surface area contributed by atoms with Crippen LogP contribution in [0.15, 0.2) is 30.3 Å². The lowest BCUT2D eigenvalue weighted by atomic mass is 9.98. The number of nitrogens with one attached hydrogen (secondary N) is 1. The van der Waals surface area contributed by atoms with Gasteiger partial charge in [-0.1, -0.05) is 30.3 Å². The van der Waals surface area contributed by atoms with Crippen LogP contribution in [0, 0.1) is 5.92 Å². The summed E-state index contributed by atoms with van der Waals surface area (Å²) < 4.78 is 0. The molecule has 1 aromatic rings. The molecule has 1 N–H and O–H groups in total. The van der Waals surface area contributed by atoms with Gasteiger partial charge < -0.3 is 4.90 Å². The van der Waals surface area contributed by atoms with E-state index < -0.39 is 0 Å². The van der Waals surface area contributed by atoms with Crippen molar-refractivity contribution < 1.29 is 9.69 Å². The summed E-state index contributed by atoms with van der Waals surface area (Å²) in [4.78, 5) is 13.8. The fourth-order valence-corrected chi connectivity index (χ4v) is 2.67. The van der Waals surface area contributed by atoms with Crippen molar-refractivity contribution in [3.63, 3.8) is 0 Å². The zero-order valence-electron chi connectivity index (χ0n) is 10.6. The number of piperidine rings is 1. The van der Waals surface area contributed by atoms with Gasteiger partial charge in [-0.3, -0.25) is 4.79 Å². The highest BCUT2D eigenvalue weighted by molar-refractivity contribution is 5.97. The molecular formula is C15H22NO+. The summed E-state index contributed by atoms with van der Waals surface area (Å²) in [6.07, 6.45) is 4.01. The second-order valence-corrected chi connectivity index (χ2v) is 5.15. The minimum Gasteiger partial charge on any atom is -0.334 e. The lowest BCUT2D eigenvalue weighted by Crippen LogP contribution is -3.13. The summed E-state index contributed by atoms with van der Waals surface area (Å²) in [5.74, 6) is 0.439. The molecule has 92 valence electrons. The smallest absolute Gasteiger partial charge is 0.171 e. The van der Waals surface area contributed by atoms with E-state index in [0.717, 1.165) is 12.1 Å². The molecule has 17 heavy (non-hydrogen) atoms. The first-order valence-corrected chi connectivity index (χ1v) is 6.70. The predicted molar refractivity (Wildman–Crippen MR) is 69.4 cm³/mol. The molecule has 1 heterocycles. The van der Waals surface area contributed by atoms with Gasteiger partial charge in [0.2, 0.25) is 0 Å². The van der Waals surface area contributed by atoms with Crippen molar-refractivity contribution in [2.24, 2.45) is 5.92 Å². The Bertz CT molecular complexity index is 354. The Labute approximate surface area is 104 Å². The minimum absolute atomic E-state index is 0.144. The van der Waals surface area contributed by atoms with E-state index in [0.29, 0.717) is 5.78 Å². The van der Waals surface area contributed by atoms with Crippen LogP contribution in [-0.2, 0) is 0 Å². The number of Topliss-reactive ketones (excluding diaryl/α,β-unsaturated/α-hetero) is 1. The Kier molecular flexibility index (Phi) is 4.32. The van der Waals surface area contributed by atoms with E-state index in [1.165, 1.54) is 32.4 Å². The molecule has 2 nitrogen and oxygen atoms in total. The number of ketones is 1. The molecule has 1 aliphatic rings. The van der Waals surface area contributed by atoms with E-state index in [-0.39, 0.29) is 5.92 Å². The van der Waals surface area contributed by atoms with Crippen molar-refractivity contribution in [2.75, 3.05) is 19.6 Å². The van der Waals surface area contributed by atoms with E-state index in [1.54, 1.807) is 4.90 Å². The predicted octanol–water partition coefficient (Wildman–Crippen LogP) is 1.57. The van der Waals surface area contributed by atoms with E-state index >= 15 is 0 Å². The van der Waals surface area contributed by atoms with Crippen LogP contribution in [0.4, 0.5) is 0 Å². The first-order valence-electron chi connectivity index (χ1n) is 6.70. The van der Waals surface area contributed by atoms with Crippen LogP contribution in [0.2, 0.25) is 0 Å². The second-order valence-electron chi connectivity index (χ2n) is 5.15. The van der Waals surface area contributed by atoms with Crippen LogP contribution in [0.5, 0.6) is 0 Å². The molecule has 0 aliphatic carbocycles. The number of rotatable bonds is 4. The average molecular weight is 232 g/mol. The highest BCUT2D eigenvalue weighted by Gasteiger charge is 2.22. The van der Waals surface area contributed by atoms with Crippen LogP contribution in [0.25, 0.3) is 0 Å². The molecule has 1 fully saturated rings. The number of benzene rings is 1. The van der Waals surface area contributed by atoms with E-state index in [1.807, 2.05) is 30.3 Å². The SMILES string of the molecule is C[C@H](C[NH+]1CCCCC1)C(=O)c1ccccc1.